The second kappa shape index (κ2) is 5.29. The van der Waals surface area contributed by atoms with Crippen LogP contribution in [-0.2, 0) is 0 Å². The number of nitrogens with zero attached hydrogens (tertiary/aromatic N) is 3. The number of aromatic nitrogens is 1. The zero-order valence-electron chi connectivity index (χ0n) is 9.51. The maximum absolute atomic E-state index is 10.7. The van der Waals surface area contributed by atoms with Gasteiger partial charge >= 0.3 is 0 Å². The van der Waals surface area contributed by atoms with Gasteiger partial charge in [0.25, 0.3) is 5.69 Å². The minimum absolute atomic E-state index is 0.0166. The summed E-state index contributed by atoms with van der Waals surface area (Å²) in [5.74, 6) is 0.745. The molecule has 1 aromatic heterocycles. The van der Waals surface area contributed by atoms with Crippen molar-refractivity contribution < 1.29 is 4.92 Å². The summed E-state index contributed by atoms with van der Waals surface area (Å²) in [5.41, 5.74) is 5.53. The van der Waals surface area contributed by atoms with Gasteiger partial charge in [0.05, 0.1) is 17.1 Å². The molecule has 0 aliphatic rings. The van der Waals surface area contributed by atoms with Crippen molar-refractivity contribution in [3.05, 3.63) is 22.2 Å². The Morgan fingerprint density at radius 2 is 2.19 bits per heavy atom. The average molecular weight is 224 g/mol. The Morgan fingerprint density at radius 1 is 1.50 bits per heavy atom. The molecule has 0 aromatic carbocycles. The molecule has 0 bridgehead atoms. The van der Waals surface area contributed by atoms with Crippen LogP contribution in [0.25, 0.3) is 0 Å². The second-order valence-electron chi connectivity index (χ2n) is 3.45. The van der Waals surface area contributed by atoms with E-state index in [2.05, 4.69) is 4.98 Å². The van der Waals surface area contributed by atoms with Crippen LogP contribution in [0.5, 0.6) is 0 Å². The Kier molecular flexibility index (Phi) is 4.04. The molecular weight excluding hydrogens is 208 g/mol. The third kappa shape index (κ3) is 2.82. The lowest BCUT2D eigenvalue weighted by Crippen LogP contribution is -2.24. The highest BCUT2D eigenvalue weighted by Crippen LogP contribution is 2.21. The van der Waals surface area contributed by atoms with E-state index in [9.17, 15) is 10.1 Å². The third-order valence-electron chi connectivity index (χ3n) is 2.23. The van der Waals surface area contributed by atoms with E-state index in [1.54, 1.807) is 0 Å². The number of pyridine rings is 1. The molecular formula is C10H16N4O2. The van der Waals surface area contributed by atoms with Gasteiger partial charge in [0.2, 0.25) is 0 Å². The van der Waals surface area contributed by atoms with Gasteiger partial charge in [-0.1, -0.05) is 6.92 Å². The van der Waals surface area contributed by atoms with Gasteiger partial charge < -0.3 is 10.6 Å². The highest BCUT2D eigenvalue weighted by atomic mass is 16.6. The van der Waals surface area contributed by atoms with E-state index in [-0.39, 0.29) is 11.5 Å². The van der Waals surface area contributed by atoms with E-state index >= 15 is 0 Å². The fourth-order valence-electron chi connectivity index (χ4n) is 1.49. The number of hydrogen-bond donors (Lipinski definition) is 1. The highest BCUT2D eigenvalue weighted by molar-refractivity contribution is 5.54. The largest absolute Gasteiger partial charge is 0.383 e. The monoisotopic (exact) mass is 224 g/mol. The molecule has 1 rings (SSSR count). The number of hydrogen-bond acceptors (Lipinski definition) is 5. The van der Waals surface area contributed by atoms with Crippen LogP contribution in [0.15, 0.2) is 12.1 Å². The molecule has 0 unspecified atom stereocenters. The van der Waals surface area contributed by atoms with Gasteiger partial charge in [0.15, 0.2) is 0 Å². The summed E-state index contributed by atoms with van der Waals surface area (Å²) in [4.78, 5) is 16.3. The lowest BCUT2D eigenvalue weighted by molar-refractivity contribution is -0.384. The predicted octanol–water partition coefficient (Wildman–Crippen LogP) is 1.81. The summed E-state index contributed by atoms with van der Waals surface area (Å²) < 4.78 is 0. The van der Waals surface area contributed by atoms with Crippen molar-refractivity contribution in [1.29, 1.82) is 0 Å². The van der Waals surface area contributed by atoms with Gasteiger partial charge in [-0.2, -0.15) is 0 Å². The highest BCUT2D eigenvalue weighted by Gasteiger charge is 2.13. The molecule has 0 aliphatic heterocycles. The Balaban J connectivity index is 3.07. The van der Waals surface area contributed by atoms with Gasteiger partial charge in [0.1, 0.15) is 11.6 Å². The molecule has 0 saturated heterocycles. The molecule has 16 heavy (non-hydrogen) atoms. The van der Waals surface area contributed by atoms with Crippen molar-refractivity contribution in [2.75, 3.05) is 23.7 Å². The summed E-state index contributed by atoms with van der Waals surface area (Å²) in [6.07, 6.45) is 0.956. The van der Waals surface area contributed by atoms with E-state index in [1.165, 1.54) is 12.1 Å². The second-order valence-corrected chi connectivity index (χ2v) is 3.45. The number of nitrogens with two attached hydrogens (primary N) is 1. The maximum Gasteiger partial charge on any atom is 0.276 e. The number of nitro groups is 1. The zero-order chi connectivity index (χ0) is 12.1. The van der Waals surface area contributed by atoms with Crippen LogP contribution in [0.4, 0.5) is 17.3 Å². The lowest BCUT2D eigenvalue weighted by Gasteiger charge is -2.20. The van der Waals surface area contributed by atoms with Crippen LogP contribution in [0.1, 0.15) is 20.3 Å². The van der Waals surface area contributed by atoms with E-state index in [4.69, 9.17) is 5.73 Å². The Labute approximate surface area is 94.2 Å². The molecule has 88 valence electrons. The number of rotatable bonds is 5. The van der Waals surface area contributed by atoms with Crippen molar-refractivity contribution >= 4 is 17.3 Å². The molecule has 0 amide bonds. The van der Waals surface area contributed by atoms with Crippen LogP contribution < -0.4 is 10.6 Å². The number of anilines is 2. The standard InChI is InChI=1S/C10H16N4O2/c1-3-5-13(4-2)10-7-8(14(15)16)6-9(11)12-10/h6-7H,3-5H2,1-2H3,(H2,11,12). The predicted molar refractivity (Wildman–Crippen MR) is 63.5 cm³/mol. The normalized spacial score (nSPS) is 10.1. The first-order valence-corrected chi connectivity index (χ1v) is 5.25. The first-order chi connectivity index (χ1) is 7.58. The summed E-state index contributed by atoms with van der Waals surface area (Å²) in [6.45, 7) is 5.58. The lowest BCUT2D eigenvalue weighted by atomic mass is 10.3. The summed E-state index contributed by atoms with van der Waals surface area (Å²) in [5, 5.41) is 10.7. The fourth-order valence-corrected chi connectivity index (χ4v) is 1.49. The Morgan fingerprint density at radius 3 is 2.69 bits per heavy atom. The maximum atomic E-state index is 10.7. The van der Waals surface area contributed by atoms with E-state index < -0.39 is 4.92 Å². The molecule has 6 nitrogen and oxygen atoms in total. The molecule has 0 atom stereocenters. The van der Waals surface area contributed by atoms with Gasteiger partial charge in [-0.25, -0.2) is 4.98 Å². The minimum atomic E-state index is -0.457. The quantitative estimate of drug-likeness (QED) is 0.609. The molecule has 0 aliphatic carbocycles. The van der Waals surface area contributed by atoms with E-state index in [0.29, 0.717) is 5.82 Å². The molecule has 2 N–H and O–H groups in total. The summed E-state index contributed by atoms with van der Waals surface area (Å²) >= 11 is 0. The number of nitrogen functional groups attached to an aromatic ring is 1. The summed E-state index contributed by atoms with van der Waals surface area (Å²) in [7, 11) is 0. The first kappa shape index (κ1) is 12.2. The zero-order valence-corrected chi connectivity index (χ0v) is 9.51. The Bertz CT molecular complexity index is 381. The first-order valence-electron chi connectivity index (χ1n) is 5.25. The van der Waals surface area contributed by atoms with Crippen molar-refractivity contribution in [2.24, 2.45) is 0 Å². The topological polar surface area (TPSA) is 85.3 Å². The van der Waals surface area contributed by atoms with E-state index in [0.717, 1.165) is 19.5 Å². The Hall–Kier alpha value is -1.85. The molecule has 0 saturated carbocycles. The molecule has 0 radical (unpaired) electrons. The van der Waals surface area contributed by atoms with E-state index in [1.807, 2.05) is 18.7 Å². The van der Waals surface area contributed by atoms with Gasteiger partial charge in [-0.05, 0) is 13.3 Å². The van der Waals surface area contributed by atoms with Crippen LogP contribution in [0.3, 0.4) is 0 Å². The average Bonchev–Trinajstić information content (AvgIpc) is 2.24. The van der Waals surface area contributed by atoms with Crippen molar-refractivity contribution in [2.45, 2.75) is 20.3 Å². The van der Waals surface area contributed by atoms with Gasteiger partial charge in [-0.15, -0.1) is 0 Å². The minimum Gasteiger partial charge on any atom is -0.383 e. The third-order valence-corrected chi connectivity index (χ3v) is 2.23. The molecule has 1 heterocycles. The van der Waals surface area contributed by atoms with Crippen LogP contribution >= 0.6 is 0 Å². The molecule has 0 fully saturated rings. The smallest absolute Gasteiger partial charge is 0.276 e. The van der Waals surface area contributed by atoms with Gasteiger partial charge in [-0.3, -0.25) is 10.1 Å². The van der Waals surface area contributed by atoms with Crippen molar-refractivity contribution in [1.82, 2.24) is 4.98 Å². The van der Waals surface area contributed by atoms with Crippen LogP contribution in [0.2, 0.25) is 0 Å². The SMILES string of the molecule is CCCN(CC)c1cc([N+](=O)[O-])cc(N)n1. The van der Waals surface area contributed by atoms with Crippen molar-refractivity contribution in [3.63, 3.8) is 0 Å². The molecule has 6 heteroatoms. The molecule has 0 spiro atoms. The van der Waals surface area contributed by atoms with Crippen molar-refractivity contribution in [3.8, 4) is 0 Å². The molecule has 1 aromatic rings. The van der Waals surface area contributed by atoms with Crippen LogP contribution in [0, 0.1) is 10.1 Å². The van der Waals surface area contributed by atoms with Gasteiger partial charge in [0, 0.05) is 13.1 Å². The van der Waals surface area contributed by atoms with Crippen LogP contribution in [-0.4, -0.2) is 23.0 Å². The fraction of sp³-hybridized carbons (Fsp3) is 0.500. The summed E-state index contributed by atoms with van der Waals surface area (Å²) in [6, 6.07) is 2.72.